The summed E-state index contributed by atoms with van der Waals surface area (Å²) in [6, 6.07) is 13.0. The number of carboxylic acid groups (broad SMARTS) is 1. The van der Waals surface area contributed by atoms with Gasteiger partial charge in [0.1, 0.15) is 5.84 Å². The first-order valence-electron chi connectivity index (χ1n) is 11.6. The maximum absolute atomic E-state index is 12.5. The molecule has 1 aromatic heterocycles. The van der Waals surface area contributed by atoms with E-state index in [2.05, 4.69) is 27.4 Å². The number of amides is 1. The number of amidine groups is 1. The lowest BCUT2D eigenvalue weighted by molar-refractivity contribution is -0.192. The standard InChI is InChI=1S/C22H29N5O3S.C2HF3O2/c1-26(17-12-18-8-10-19(11-9-18)22-24-14-15-25-22)21(28)7-5-16-27(2)31(29,30)20-6-3-4-13-23-20;3-2(4,5)1(6)7/h3-4,6,8-11,13H,5,7,12,14-17H2,1-2H3,(H,24,25);(H,6,7). The molecule has 0 atom stereocenters. The number of carbonyl (C=O) groups excluding carboxylic acids is 1. The molecule has 38 heavy (non-hydrogen) atoms. The number of carbonyl (C=O) groups is 2. The topological polar surface area (TPSA) is 132 Å². The fourth-order valence-corrected chi connectivity index (χ4v) is 4.40. The average Bonchev–Trinajstić information content (AvgIpc) is 3.43. The van der Waals surface area contributed by atoms with Crippen molar-refractivity contribution >= 4 is 27.7 Å². The largest absolute Gasteiger partial charge is 0.490 e. The maximum Gasteiger partial charge on any atom is 0.490 e. The second-order valence-corrected chi connectivity index (χ2v) is 10.3. The summed E-state index contributed by atoms with van der Waals surface area (Å²) >= 11 is 0. The minimum absolute atomic E-state index is 0.00441. The summed E-state index contributed by atoms with van der Waals surface area (Å²) in [6.45, 7) is 2.57. The lowest BCUT2D eigenvalue weighted by atomic mass is 10.1. The Labute approximate surface area is 219 Å². The maximum atomic E-state index is 12.5. The third kappa shape index (κ3) is 9.41. The fraction of sp³-hybridized carbons (Fsp3) is 0.417. The van der Waals surface area contributed by atoms with Gasteiger partial charge in [0.2, 0.25) is 5.91 Å². The summed E-state index contributed by atoms with van der Waals surface area (Å²) in [6.07, 6.45) is -2.12. The molecule has 1 aliphatic heterocycles. The molecule has 1 aliphatic rings. The molecule has 0 saturated carbocycles. The lowest BCUT2D eigenvalue weighted by Gasteiger charge is -2.19. The molecule has 14 heteroatoms. The number of aliphatic imine (C=N–C) groups is 1. The number of nitrogens with zero attached hydrogens (tertiary/aromatic N) is 4. The van der Waals surface area contributed by atoms with Gasteiger partial charge in [-0.2, -0.15) is 17.5 Å². The van der Waals surface area contributed by atoms with E-state index in [1.54, 1.807) is 24.1 Å². The molecule has 10 nitrogen and oxygen atoms in total. The van der Waals surface area contributed by atoms with Crippen molar-refractivity contribution in [3.8, 4) is 0 Å². The number of hydrogen-bond acceptors (Lipinski definition) is 7. The average molecular weight is 558 g/mol. The molecule has 2 heterocycles. The van der Waals surface area contributed by atoms with E-state index in [1.807, 2.05) is 12.1 Å². The predicted octanol–water partition coefficient (Wildman–Crippen LogP) is 2.17. The number of alkyl halides is 3. The number of benzene rings is 1. The van der Waals surface area contributed by atoms with Crippen LogP contribution in [0.2, 0.25) is 0 Å². The summed E-state index contributed by atoms with van der Waals surface area (Å²) in [5.41, 5.74) is 2.23. The Morgan fingerprint density at radius 3 is 2.26 bits per heavy atom. The number of halogens is 3. The molecular formula is C24H30F3N5O5S. The zero-order valence-corrected chi connectivity index (χ0v) is 21.8. The first-order chi connectivity index (χ1) is 17.8. The van der Waals surface area contributed by atoms with E-state index >= 15 is 0 Å². The quantitative estimate of drug-likeness (QED) is 0.458. The van der Waals surface area contributed by atoms with Gasteiger partial charge in [0.05, 0.1) is 6.54 Å². The summed E-state index contributed by atoms with van der Waals surface area (Å²) in [5.74, 6) is -1.81. The third-order valence-electron chi connectivity index (χ3n) is 5.48. The molecule has 0 fully saturated rings. The highest BCUT2D eigenvalue weighted by Crippen LogP contribution is 2.14. The van der Waals surface area contributed by atoms with Crippen molar-refractivity contribution in [1.82, 2.24) is 19.5 Å². The Morgan fingerprint density at radius 1 is 1.08 bits per heavy atom. The molecule has 3 rings (SSSR count). The van der Waals surface area contributed by atoms with E-state index in [0.717, 1.165) is 36.5 Å². The van der Waals surface area contributed by atoms with Crippen LogP contribution in [0.25, 0.3) is 0 Å². The van der Waals surface area contributed by atoms with Gasteiger partial charge in [0.15, 0.2) is 5.03 Å². The number of carboxylic acids is 1. The minimum Gasteiger partial charge on any atom is -0.475 e. The monoisotopic (exact) mass is 557 g/mol. The summed E-state index contributed by atoms with van der Waals surface area (Å²) in [5, 5.41) is 10.4. The van der Waals surface area contributed by atoms with Crippen LogP contribution < -0.4 is 5.32 Å². The predicted molar refractivity (Wildman–Crippen MR) is 134 cm³/mol. The van der Waals surface area contributed by atoms with Crippen LogP contribution in [0.3, 0.4) is 0 Å². The highest BCUT2D eigenvalue weighted by Gasteiger charge is 2.38. The molecule has 0 spiro atoms. The number of nitrogens with one attached hydrogen (secondary N) is 1. The minimum atomic E-state index is -5.08. The van der Waals surface area contributed by atoms with Crippen LogP contribution in [0.15, 0.2) is 58.7 Å². The van der Waals surface area contributed by atoms with Crippen LogP contribution >= 0.6 is 0 Å². The van der Waals surface area contributed by atoms with Crippen LogP contribution in [-0.2, 0) is 26.0 Å². The molecule has 208 valence electrons. The van der Waals surface area contributed by atoms with Gasteiger partial charge in [-0.1, -0.05) is 30.3 Å². The molecule has 1 aromatic carbocycles. The first kappa shape index (κ1) is 30.7. The van der Waals surface area contributed by atoms with Gasteiger partial charge < -0.3 is 15.3 Å². The van der Waals surface area contributed by atoms with Gasteiger partial charge in [-0.25, -0.2) is 18.2 Å². The number of aromatic nitrogens is 1. The van der Waals surface area contributed by atoms with Gasteiger partial charge in [-0.3, -0.25) is 9.79 Å². The van der Waals surface area contributed by atoms with Crippen molar-refractivity contribution in [1.29, 1.82) is 0 Å². The zero-order valence-electron chi connectivity index (χ0n) is 21.0. The Morgan fingerprint density at radius 2 is 1.74 bits per heavy atom. The fourth-order valence-electron chi connectivity index (χ4n) is 3.27. The number of aliphatic carboxylic acids is 1. The second-order valence-electron chi connectivity index (χ2n) is 8.32. The zero-order chi connectivity index (χ0) is 28.3. The number of likely N-dealkylation sites (N-methyl/N-ethyl adjacent to an activating group) is 1. The van der Waals surface area contributed by atoms with Crippen molar-refractivity contribution in [3.63, 3.8) is 0 Å². The van der Waals surface area contributed by atoms with Crippen molar-refractivity contribution in [2.24, 2.45) is 4.99 Å². The molecule has 1 amide bonds. The van der Waals surface area contributed by atoms with Gasteiger partial charge in [0, 0.05) is 51.9 Å². The van der Waals surface area contributed by atoms with E-state index in [1.165, 1.54) is 23.6 Å². The van der Waals surface area contributed by atoms with Crippen molar-refractivity contribution in [3.05, 3.63) is 59.8 Å². The van der Waals surface area contributed by atoms with Crippen LogP contribution in [0.1, 0.15) is 24.0 Å². The Balaban J connectivity index is 0.000000638. The molecule has 0 bridgehead atoms. The Kier molecular flexibility index (Phi) is 11.2. The molecule has 0 unspecified atom stereocenters. The second kappa shape index (κ2) is 13.9. The molecule has 0 radical (unpaired) electrons. The Hall–Kier alpha value is -3.52. The van der Waals surface area contributed by atoms with E-state index in [-0.39, 0.29) is 17.5 Å². The molecular weight excluding hydrogens is 527 g/mol. The lowest BCUT2D eigenvalue weighted by Crippen LogP contribution is -2.31. The van der Waals surface area contributed by atoms with E-state index in [4.69, 9.17) is 9.90 Å². The Bertz CT molecular complexity index is 1210. The number of sulfonamides is 1. The SMILES string of the molecule is CN(CCc1ccc(C2=NCCN2)cc1)C(=O)CCCN(C)S(=O)(=O)c1ccccn1.O=C(O)C(F)(F)F. The van der Waals surface area contributed by atoms with Crippen molar-refractivity contribution in [2.45, 2.75) is 30.5 Å². The van der Waals surface area contributed by atoms with Crippen LogP contribution in [0.4, 0.5) is 13.2 Å². The van der Waals surface area contributed by atoms with Gasteiger partial charge in [-0.15, -0.1) is 0 Å². The van der Waals surface area contributed by atoms with E-state index in [0.29, 0.717) is 19.4 Å². The molecule has 0 aliphatic carbocycles. The smallest absolute Gasteiger partial charge is 0.475 e. The van der Waals surface area contributed by atoms with Crippen LogP contribution in [0.5, 0.6) is 0 Å². The number of rotatable bonds is 10. The normalized spacial score (nSPS) is 13.3. The van der Waals surface area contributed by atoms with Crippen molar-refractivity contribution < 1.29 is 36.3 Å². The first-order valence-corrected chi connectivity index (χ1v) is 13.1. The third-order valence-corrected chi connectivity index (χ3v) is 7.25. The highest BCUT2D eigenvalue weighted by molar-refractivity contribution is 7.89. The molecule has 0 saturated heterocycles. The van der Waals surface area contributed by atoms with Gasteiger partial charge in [0.25, 0.3) is 10.0 Å². The van der Waals surface area contributed by atoms with Crippen LogP contribution in [0, 0.1) is 0 Å². The van der Waals surface area contributed by atoms with Crippen LogP contribution in [-0.4, -0.2) is 91.9 Å². The van der Waals surface area contributed by atoms with Gasteiger partial charge in [-0.05, 0) is 30.5 Å². The van der Waals surface area contributed by atoms with E-state index in [9.17, 15) is 26.4 Å². The highest BCUT2D eigenvalue weighted by atomic mass is 32.2. The van der Waals surface area contributed by atoms with Crippen molar-refractivity contribution in [2.75, 3.05) is 40.3 Å². The molecule has 2 N–H and O–H groups in total. The summed E-state index contributed by atoms with van der Waals surface area (Å²) < 4.78 is 57.9. The summed E-state index contributed by atoms with van der Waals surface area (Å²) in [7, 11) is -0.340. The molecule has 2 aromatic rings. The number of hydrogen-bond donors (Lipinski definition) is 2. The number of pyridine rings is 1. The summed E-state index contributed by atoms with van der Waals surface area (Å²) in [4.78, 5) is 31.3. The van der Waals surface area contributed by atoms with E-state index < -0.39 is 22.2 Å². The van der Waals surface area contributed by atoms with Gasteiger partial charge >= 0.3 is 12.1 Å².